The summed E-state index contributed by atoms with van der Waals surface area (Å²) in [5, 5.41) is 13.6. The number of anilines is 1. The van der Waals surface area contributed by atoms with Gasteiger partial charge in [0.1, 0.15) is 18.0 Å². The molecule has 1 aromatic carbocycles. The van der Waals surface area contributed by atoms with Crippen molar-refractivity contribution in [3.05, 3.63) is 58.5 Å². The lowest BCUT2D eigenvalue weighted by atomic mass is 10.2. The van der Waals surface area contributed by atoms with E-state index in [-0.39, 0.29) is 36.6 Å². The Balaban J connectivity index is 1.97. The maximum atomic E-state index is 12.7. The fourth-order valence-corrected chi connectivity index (χ4v) is 2.28. The third-order valence-electron chi connectivity index (χ3n) is 3.40. The molecule has 0 aliphatic heterocycles. The fraction of sp³-hybridized carbons (Fsp3) is 0.312. The molecule has 0 atom stereocenters. The predicted octanol–water partition coefficient (Wildman–Crippen LogP) is 3.58. The molecule has 0 saturated carbocycles. The van der Waals surface area contributed by atoms with Crippen LogP contribution in [0.4, 0.5) is 24.5 Å². The Kier molecular flexibility index (Phi) is 6.21. The minimum Gasteiger partial charge on any atom is -0.467 e. The summed E-state index contributed by atoms with van der Waals surface area (Å²) in [4.78, 5) is 23.1. The number of furan rings is 1. The number of nitrogens with zero attached hydrogens (tertiary/aromatic N) is 2. The van der Waals surface area contributed by atoms with Crippen LogP contribution in [0.25, 0.3) is 0 Å². The second-order valence-electron chi connectivity index (χ2n) is 5.40. The largest absolute Gasteiger partial charge is 0.467 e. The Hall–Kier alpha value is -3.04. The van der Waals surface area contributed by atoms with Crippen LogP contribution in [-0.2, 0) is 11.3 Å². The molecular weight excluding hydrogens is 355 g/mol. The van der Waals surface area contributed by atoms with Crippen molar-refractivity contribution in [1.29, 1.82) is 0 Å². The summed E-state index contributed by atoms with van der Waals surface area (Å²) in [6.07, 6.45) is -3.50. The molecule has 7 nitrogen and oxygen atoms in total. The number of amides is 1. The SMILES string of the molecule is O=C(CCNc1ccccc1[N+](=O)[O-])N(Cc1ccco1)CC(F)(F)F. The van der Waals surface area contributed by atoms with E-state index in [0.717, 1.165) is 0 Å². The van der Waals surface area contributed by atoms with Gasteiger partial charge in [0.25, 0.3) is 5.69 Å². The molecule has 26 heavy (non-hydrogen) atoms. The van der Waals surface area contributed by atoms with Gasteiger partial charge in [0.2, 0.25) is 5.91 Å². The maximum absolute atomic E-state index is 12.7. The van der Waals surface area contributed by atoms with E-state index in [0.29, 0.717) is 4.90 Å². The van der Waals surface area contributed by atoms with E-state index >= 15 is 0 Å². The Morgan fingerprint density at radius 3 is 2.58 bits per heavy atom. The van der Waals surface area contributed by atoms with Crippen molar-refractivity contribution in [3.8, 4) is 0 Å². The zero-order chi connectivity index (χ0) is 19.2. The highest BCUT2D eigenvalue weighted by molar-refractivity contribution is 5.77. The van der Waals surface area contributed by atoms with Crippen LogP contribution in [0, 0.1) is 10.1 Å². The summed E-state index contributed by atoms with van der Waals surface area (Å²) in [5.41, 5.74) is 0.0152. The minimum atomic E-state index is -4.55. The number of carbonyl (C=O) groups is 1. The lowest BCUT2D eigenvalue weighted by Crippen LogP contribution is -2.39. The number of halogens is 3. The molecule has 0 fully saturated rings. The number of nitrogens with one attached hydrogen (secondary N) is 1. The number of para-hydroxylation sites is 2. The molecule has 2 rings (SSSR count). The average molecular weight is 371 g/mol. The Morgan fingerprint density at radius 1 is 1.23 bits per heavy atom. The van der Waals surface area contributed by atoms with Crippen molar-refractivity contribution < 1.29 is 27.3 Å². The van der Waals surface area contributed by atoms with Crippen LogP contribution in [0.1, 0.15) is 12.2 Å². The van der Waals surface area contributed by atoms with Crippen LogP contribution in [0.5, 0.6) is 0 Å². The van der Waals surface area contributed by atoms with E-state index in [2.05, 4.69) is 5.32 Å². The van der Waals surface area contributed by atoms with E-state index in [1.54, 1.807) is 6.07 Å². The molecule has 0 radical (unpaired) electrons. The van der Waals surface area contributed by atoms with E-state index in [9.17, 15) is 28.1 Å². The zero-order valence-electron chi connectivity index (χ0n) is 13.5. The number of hydrogen-bond acceptors (Lipinski definition) is 5. The third kappa shape index (κ3) is 5.80. The first-order valence-electron chi connectivity index (χ1n) is 7.60. The lowest BCUT2D eigenvalue weighted by molar-refractivity contribution is -0.384. The molecule has 0 saturated heterocycles. The lowest BCUT2D eigenvalue weighted by Gasteiger charge is -2.23. The van der Waals surface area contributed by atoms with Crippen LogP contribution in [-0.4, -0.2) is 35.0 Å². The van der Waals surface area contributed by atoms with E-state index in [4.69, 9.17) is 4.42 Å². The van der Waals surface area contributed by atoms with Crippen molar-refractivity contribution in [3.63, 3.8) is 0 Å². The monoisotopic (exact) mass is 371 g/mol. The third-order valence-corrected chi connectivity index (χ3v) is 3.40. The molecule has 1 heterocycles. The minimum absolute atomic E-state index is 0.0454. The summed E-state index contributed by atoms with van der Waals surface area (Å²) in [5.74, 6) is -0.515. The normalized spacial score (nSPS) is 11.2. The number of nitro benzene ring substituents is 1. The van der Waals surface area contributed by atoms with Gasteiger partial charge in [-0.2, -0.15) is 13.2 Å². The molecule has 2 aromatic rings. The van der Waals surface area contributed by atoms with Crippen LogP contribution in [0.15, 0.2) is 47.1 Å². The molecule has 0 aliphatic carbocycles. The van der Waals surface area contributed by atoms with E-state index in [1.165, 1.54) is 36.6 Å². The summed E-state index contributed by atoms with van der Waals surface area (Å²) in [6, 6.07) is 8.80. The fourth-order valence-electron chi connectivity index (χ4n) is 2.28. The quantitative estimate of drug-likeness (QED) is 0.566. The average Bonchev–Trinajstić information content (AvgIpc) is 3.06. The predicted molar refractivity (Wildman–Crippen MR) is 86.4 cm³/mol. The Labute approximate surface area is 146 Å². The van der Waals surface area contributed by atoms with Gasteiger partial charge >= 0.3 is 6.18 Å². The van der Waals surface area contributed by atoms with Crippen molar-refractivity contribution in [1.82, 2.24) is 4.90 Å². The van der Waals surface area contributed by atoms with Gasteiger partial charge in [0.05, 0.1) is 17.7 Å². The van der Waals surface area contributed by atoms with Gasteiger partial charge in [-0.25, -0.2) is 0 Å². The van der Waals surface area contributed by atoms with Gasteiger partial charge in [-0.15, -0.1) is 0 Å². The molecule has 1 N–H and O–H groups in total. The zero-order valence-corrected chi connectivity index (χ0v) is 13.5. The van der Waals surface area contributed by atoms with Crippen molar-refractivity contribution in [2.24, 2.45) is 0 Å². The van der Waals surface area contributed by atoms with Gasteiger partial charge in [0.15, 0.2) is 0 Å². The Morgan fingerprint density at radius 2 is 1.96 bits per heavy atom. The molecule has 1 aromatic heterocycles. The number of carbonyl (C=O) groups excluding carboxylic acids is 1. The summed E-state index contributed by atoms with van der Waals surface area (Å²) in [6.45, 7) is -1.76. The first-order valence-corrected chi connectivity index (χ1v) is 7.60. The molecule has 1 amide bonds. The molecule has 140 valence electrons. The molecule has 10 heteroatoms. The highest BCUT2D eigenvalue weighted by Crippen LogP contribution is 2.23. The highest BCUT2D eigenvalue weighted by atomic mass is 19.4. The number of nitro groups is 1. The van der Waals surface area contributed by atoms with Gasteiger partial charge in [-0.05, 0) is 18.2 Å². The van der Waals surface area contributed by atoms with Gasteiger partial charge < -0.3 is 14.6 Å². The van der Waals surface area contributed by atoms with Crippen molar-refractivity contribution >= 4 is 17.3 Å². The van der Waals surface area contributed by atoms with Gasteiger partial charge in [-0.1, -0.05) is 12.1 Å². The number of rotatable bonds is 8. The van der Waals surface area contributed by atoms with E-state index < -0.39 is 23.6 Å². The summed E-state index contributed by atoms with van der Waals surface area (Å²) >= 11 is 0. The first kappa shape index (κ1) is 19.3. The smallest absolute Gasteiger partial charge is 0.406 e. The molecule has 0 bridgehead atoms. The molecule has 0 spiro atoms. The van der Waals surface area contributed by atoms with Crippen LogP contribution < -0.4 is 5.32 Å². The van der Waals surface area contributed by atoms with Crippen molar-refractivity contribution in [2.75, 3.05) is 18.4 Å². The highest BCUT2D eigenvalue weighted by Gasteiger charge is 2.33. The van der Waals surface area contributed by atoms with Crippen LogP contribution >= 0.6 is 0 Å². The van der Waals surface area contributed by atoms with Crippen LogP contribution in [0.2, 0.25) is 0 Å². The summed E-state index contributed by atoms with van der Waals surface area (Å²) in [7, 11) is 0. The second-order valence-corrected chi connectivity index (χ2v) is 5.40. The maximum Gasteiger partial charge on any atom is 0.406 e. The van der Waals surface area contributed by atoms with E-state index in [1.807, 2.05) is 0 Å². The standard InChI is InChI=1S/C16H16F3N3O4/c17-16(18,19)11-21(10-12-4-3-9-26-12)15(23)7-8-20-13-5-1-2-6-14(13)22(24)25/h1-6,9,20H,7-8,10-11H2. The molecule has 0 aliphatic rings. The molecule has 0 unspecified atom stereocenters. The van der Waals surface area contributed by atoms with Gasteiger partial charge in [0, 0.05) is 19.0 Å². The first-order chi connectivity index (χ1) is 12.3. The number of benzene rings is 1. The summed E-state index contributed by atoms with van der Waals surface area (Å²) < 4.78 is 43.1. The second kappa shape index (κ2) is 8.37. The van der Waals surface area contributed by atoms with Crippen LogP contribution in [0.3, 0.4) is 0 Å². The van der Waals surface area contributed by atoms with Crippen molar-refractivity contribution in [2.45, 2.75) is 19.1 Å². The topological polar surface area (TPSA) is 88.6 Å². The molecular formula is C16H16F3N3O4. The Bertz CT molecular complexity index is 747. The number of alkyl halides is 3. The van der Waals surface area contributed by atoms with Gasteiger partial charge in [-0.3, -0.25) is 14.9 Å². The number of hydrogen-bond donors (Lipinski definition) is 1.